The number of anilines is 2. The zero-order valence-corrected chi connectivity index (χ0v) is 18.6. The molecule has 0 saturated carbocycles. The van der Waals surface area contributed by atoms with E-state index >= 15 is 0 Å². The molecule has 1 aromatic heterocycles. The molecule has 0 saturated heterocycles. The number of nitrogens with zero attached hydrogens (tertiary/aromatic N) is 2. The number of carbonyl (C=O) groups excluding carboxylic acids is 2. The van der Waals surface area contributed by atoms with Crippen molar-refractivity contribution in [1.82, 2.24) is 9.78 Å². The first-order valence-corrected chi connectivity index (χ1v) is 10.5. The van der Waals surface area contributed by atoms with Crippen molar-refractivity contribution in [2.45, 2.75) is 33.1 Å². The molecule has 1 heterocycles. The van der Waals surface area contributed by atoms with Crippen LogP contribution >= 0.6 is 0 Å². The second-order valence-corrected chi connectivity index (χ2v) is 8.85. The lowest BCUT2D eigenvalue weighted by atomic mass is 9.92. The van der Waals surface area contributed by atoms with Gasteiger partial charge >= 0.3 is 11.8 Å². The molecule has 6 heteroatoms. The number of amides is 2. The van der Waals surface area contributed by atoms with Crippen LogP contribution in [-0.2, 0) is 15.0 Å². The van der Waals surface area contributed by atoms with Crippen LogP contribution in [0.2, 0.25) is 0 Å². The summed E-state index contributed by atoms with van der Waals surface area (Å²) in [7, 11) is 0. The molecule has 0 atom stereocenters. The fraction of sp³-hybridized carbons (Fsp3) is 0.192. The van der Waals surface area contributed by atoms with E-state index < -0.39 is 11.8 Å². The van der Waals surface area contributed by atoms with E-state index in [1.165, 1.54) is 0 Å². The van der Waals surface area contributed by atoms with Gasteiger partial charge in [0.05, 0.1) is 11.4 Å². The number of fused-ring (bicyclic) bond motifs is 1. The first-order chi connectivity index (χ1) is 15.2. The van der Waals surface area contributed by atoms with Crippen molar-refractivity contribution in [3.05, 3.63) is 84.1 Å². The molecule has 0 unspecified atom stereocenters. The van der Waals surface area contributed by atoms with Gasteiger partial charge in [-0.3, -0.25) is 9.59 Å². The van der Waals surface area contributed by atoms with Gasteiger partial charge in [-0.1, -0.05) is 74.9 Å². The zero-order chi connectivity index (χ0) is 22.9. The number of hydrogen-bond acceptors (Lipinski definition) is 3. The van der Waals surface area contributed by atoms with Gasteiger partial charge in [-0.15, -0.1) is 0 Å². The highest BCUT2D eigenvalue weighted by molar-refractivity contribution is 6.44. The third-order valence-corrected chi connectivity index (χ3v) is 5.24. The topological polar surface area (TPSA) is 76.0 Å². The highest BCUT2D eigenvalue weighted by atomic mass is 16.2. The molecule has 0 fully saturated rings. The van der Waals surface area contributed by atoms with Crippen LogP contribution in [0.3, 0.4) is 0 Å². The minimum atomic E-state index is -0.758. The summed E-state index contributed by atoms with van der Waals surface area (Å²) in [6, 6.07) is 22.9. The van der Waals surface area contributed by atoms with Gasteiger partial charge in [-0.2, -0.15) is 5.10 Å². The van der Waals surface area contributed by atoms with E-state index in [4.69, 9.17) is 0 Å². The Bertz CT molecular complexity index is 1290. The smallest absolute Gasteiger partial charge is 0.315 e. The van der Waals surface area contributed by atoms with Gasteiger partial charge in [0.1, 0.15) is 5.82 Å². The molecule has 4 aromatic rings. The SMILES string of the molecule is Cc1ccc(-n2nc(C(C)(C)C)cc2NC(=O)C(=O)Nc2cccc3ccccc23)cc1. The number of nitrogens with one attached hydrogen (secondary N) is 2. The molecule has 0 spiro atoms. The summed E-state index contributed by atoms with van der Waals surface area (Å²) in [5, 5.41) is 12.0. The maximum Gasteiger partial charge on any atom is 0.315 e. The standard InChI is InChI=1S/C26H26N4O2/c1-17-12-14-19(15-13-17)30-23(16-22(29-30)26(2,3)4)28-25(32)24(31)27-21-11-7-9-18-8-5-6-10-20(18)21/h5-16H,1-4H3,(H,27,31)(H,28,32). The van der Waals surface area contributed by atoms with Crippen molar-refractivity contribution in [3.63, 3.8) is 0 Å². The largest absolute Gasteiger partial charge is 0.317 e. The number of hydrogen-bond donors (Lipinski definition) is 2. The first kappa shape index (κ1) is 21.3. The number of aromatic nitrogens is 2. The lowest BCUT2D eigenvalue weighted by molar-refractivity contribution is -0.133. The van der Waals surface area contributed by atoms with E-state index in [1.54, 1.807) is 10.7 Å². The highest BCUT2D eigenvalue weighted by Crippen LogP contribution is 2.27. The molecule has 2 N–H and O–H groups in total. The molecule has 3 aromatic carbocycles. The molecule has 4 rings (SSSR count). The van der Waals surface area contributed by atoms with Gasteiger partial charge in [-0.05, 0) is 30.5 Å². The van der Waals surface area contributed by atoms with Crippen LogP contribution in [0.4, 0.5) is 11.5 Å². The van der Waals surface area contributed by atoms with Crippen LogP contribution in [0, 0.1) is 6.92 Å². The molecular weight excluding hydrogens is 400 g/mol. The van der Waals surface area contributed by atoms with E-state index in [0.717, 1.165) is 27.7 Å². The van der Waals surface area contributed by atoms with E-state index in [9.17, 15) is 9.59 Å². The van der Waals surface area contributed by atoms with Crippen molar-refractivity contribution in [2.24, 2.45) is 0 Å². The van der Waals surface area contributed by atoms with Crippen molar-refractivity contribution in [2.75, 3.05) is 10.6 Å². The van der Waals surface area contributed by atoms with Gasteiger partial charge < -0.3 is 10.6 Å². The molecule has 0 bridgehead atoms. The van der Waals surface area contributed by atoms with E-state index in [2.05, 4.69) is 15.7 Å². The Morgan fingerprint density at radius 1 is 0.844 bits per heavy atom. The molecular formula is C26H26N4O2. The van der Waals surface area contributed by atoms with E-state index in [-0.39, 0.29) is 5.41 Å². The van der Waals surface area contributed by atoms with Crippen LogP contribution < -0.4 is 10.6 Å². The zero-order valence-electron chi connectivity index (χ0n) is 18.6. The summed E-state index contributed by atoms with van der Waals surface area (Å²) in [5.74, 6) is -1.06. The predicted octanol–water partition coefficient (Wildman–Crippen LogP) is 5.21. The van der Waals surface area contributed by atoms with Gasteiger partial charge in [0.2, 0.25) is 0 Å². The lowest BCUT2D eigenvalue weighted by Gasteiger charge is -2.14. The van der Waals surface area contributed by atoms with Crippen LogP contribution in [-0.4, -0.2) is 21.6 Å². The number of rotatable bonds is 3. The monoisotopic (exact) mass is 426 g/mol. The van der Waals surface area contributed by atoms with Gasteiger partial charge in [0.15, 0.2) is 0 Å². The van der Waals surface area contributed by atoms with Crippen molar-refractivity contribution in [3.8, 4) is 5.69 Å². The number of benzene rings is 3. The Balaban J connectivity index is 1.61. The summed E-state index contributed by atoms with van der Waals surface area (Å²) < 4.78 is 1.66. The summed E-state index contributed by atoms with van der Waals surface area (Å²) in [4.78, 5) is 25.5. The van der Waals surface area contributed by atoms with Crippen molar-refractivity contribution >= 4 is 34.1 Å². The van der Waals surface area contributed by atoms with Crippen LogP contribution in [0.5, 0.6) is 0 Å². The highest BCUT2D eigenvalue weighted by Gasteiger charge is 2.23. The van der Waals surface area contributed by atoms with Gasteiger partial charge in [0.25, 0.3) is 0 Å². The maximum absolute atomic E-state index is 12.8. The Hall–Kier alpha value is -3.93. The van der Waals surface area contributed by atoms with Crippen LogP contribution in [0.25, 0.3) is 16.5 Å². The molecule has 32 heavy (non-hydrogen) atoms. The molecule has 0 aliphatic carbocycles. The Morgan fingerprint density at radius 3 is 2.22 bits per heavy atom. The van der Waals surface area contributed by atoms with Gasteiger partial charge in [-0.25, -0.2) is 4.68 Å². The average Bonchev–Trinajstić information content (AvgIpc) is 3.19. The quantitative estimate of drug-likeness (QED) is 0.442. The average molecular weight is 427 g/mol. The Kier molecular flexibility index (Phi) is 5.53. The summed E-state index contributed by atoms with van der Waals surface area (Å²) in [5.41, 5.74) is 3.10. The molecule has 0 radical (unpaired) electrons. The van der Waals surface area contributed by atoms with Crippen LogP contribution in [0.15, 0.2) is 72.8 Å². The fourth-order valence-corrected chi connectivity index (χ4v) is 3.41. The van der Waals surface area contributed by atoms with Gasteiger partial charge in [0, 0.05) is 22.6 Å². The Labute approximate surface area is 187 Å². The van der Waals surface area contributed by atoms with Crippen LogP contribution in [0.1, 0.15) is 32.0 Å². The summed E-state index contributed by atoms with van der Waals surface area (Å²) in [6.45, 7) is 8.16. The number of carbonyl (C=O) groups is 2. The minimum Gasteiger partial charge on any atom is -0.317 e. The molecule has 2 amide bonds. The third-order valence-electron chi connectivity index (χ3n) is 5.24. The second kappa shape index (κ2) is 8.30. The molecule has 6 nitrogen and oxygen atoms in total. The molecule has 0 aliphatic heterocycles. The molecule has 162 valence electrons. The summed E-state index contributed by atoms with van der Waals surface area (Å²) >= 11 is 0. The normalized spacial score (nSPS) is 11.4. The van der Waals surface area contributed by atoms with E-state index in [0.29, 0.717) is 11.5 Å². The fourth-order valence-electron chi connectivity index (χ4n) is 3.41. The summed E-state index contributed by atoms with van der Waals surface area (Å²) in [6.07, 6.45) is 0. The van der Waals surface area contributed by atoms with E-state index in [1.807, 2.05) is 94.4 Å². The van der Waals surface area contributed by atoms with Crippen molar-refractivity contribution < 1.29 is 9.59 Å². The van der Waals surface area contributed by atoms with Crippen molar-refractivity contribution in [1.29, 1.82) is 0 Å². The Morgan fingerprint density at radius 2 is 1.50 bits per heavy atom. The maximum atomic E-state index is 12.8. The first-order valence-electron chi connectivity index (χ1n) is 10.5. The second-order valence-electron chi connectivity index (χ2n) is 8.85. The third kappa shape index (κ3) is 4.39. The lowest BCUT2D eigenvalue weighted by Crippen LogP contribution is -2.30. The predicted molar refractivity (Wildman–Crippen MR) is 128 cm³/mol. The minimum absolute atomic E-state index is 0.222. The molecule has 0 aliphatic rings. The number of aryl methyl sites for hydroxylation is 1.